The summed E-state index contributed by atoms with van der Waals surface area (Å²) in [5.41, 5.74) is 3.64. The highest BCUT2D eigenvalue weighted by Crippen LogP contribution is 2.29. The van der Waals surface area contributed by atoms with Gasteiger partial charge in [0, 0.05) is 5.69 Å². The Morgan fingerprint density at radius 3 is 2.61 bits per heavy atom. The minimum atomic E-state index is -0.386. The van der Waals surface area contributed by atoms with E-state index in [4.69, 9.17) is 4.74 Å². The smallest absolute Gasteiger partial charge is 0.237 e. The van der Waals surface area contributed by atoms with E-state index in [9.17, 15) is 4.79 Å². The van der Waals surface area contributed by atoms with E-state index in [2.05, 4.69) is 20.8 Å². The van der Waals surface area contributed by atoms with Gasteiger partial charge in [0.25, 0.3) is 0 Å². The molecule has 0 aliphatic carbocycles. The number of rotatable bonds is 7. The Morgan fingerprint density at radius 1 is 1.18 bits per heavy atom. The lowest BCUT2D eigenvalue weighted by Gasteiger charge is -2.15. The molecule has 0 spiro atoms. The average molecular weight is 398 g/mol. The van der Waals surface area contributed by atoms with E-state index in [0.29, 0.717) is 17.5 Å². The van der Waals surface area contributed by atoms with Gasteiger partial charge in [-0.3, -0.25) is 4.79 Å². The molecule has 0 fully saturated rings. The van der Waals surface area contributed by atoms with Gasteiger partial charge in [-0.05, 0) is 61.4 Å². The number of carbonyl (C=O) groups excluding carboxylic acids is 1. The van der Waals surface area contributed by atoms with E-state index >= 15 is 0 Å². The van der Waals surface area contributed by atoms with Crippen molar-refractivity contribution in [2.24, 2.45) is 0 Å². The number of hydrogen-bond acceptors (Lipinski definition) is 6. The molecule has 7 nitrogen and oxygen atoms in total. The van der Waals surface area contributed by atoms with Crippen molar-refractivity contribution in [3.63, 3.8) is 0 Å². The van der Waals surface area contributed by atoms with E-state index in [1.165, 1.54) is 11.8 Å². The molecule has 1 amide bonds. The number of hydrogen-bond donors (Lipinski definition) is 1. The summed E-state index contributed by atoms with van der Waals surface area (Å²) in [5.74, 6) is 0.585. The van der Waals surface area contributed by atoms with Crippen molar-refractivity contribution in [3.05, 3.63) is 53.6 Å². The number of nitrogens with zero attached hydrogens (tertiary/aromatic N) is 4. The lowest BCUT2D eigenvalue weighted by molar-refractivity contribution is -0.115. The third-order valence-electron chi connectivity index (χ3n) is 4.21. The van der Waals surface area contributed by atoms with Crippen LogP contribution in [0, 0.1) is 13.8 Å². The molecule has 146 valence electrons. The zero-order valence-electron chi connectivity index (χ0n) is 16.3. The van der Waals surface area contributed by atoms with Gasteiger partial charge in [-0.1, -0.05) is 42.1 Å². The Labute approximate surface area is 168 Å². The number of aryl methyl sites for hydroxylation is 2. The minimum absolute atomic E-state index is 0.102. The first-order valence-electron chi connectivity index (χ1n) is 9.05. The summed E-state index contributed by atoms with van der Waals surface area (Å²) in [6.07, 6.45) is 0. The minimum Gasteiger partial charge on any atom is -0.492 e. The number of benzene rings is 2. The Balaban J connectivity index is 1.78. The van der Waals surface area contributed by atoms with Gasteiger partial charge in [0.2, 0.25) is 11.1 Å². The standard InChI is InChI=1S/C20H23N5O2S/c1-5-27-17-12-7-6-11-16(17)25-20(22-23-24-25)28-15(4)19(26)21-18-13(2)9-8-10-14(18)3/h6-12,15H,5H2,1-4H3,(H,21,26). The molecule has 2 aromatic carbocycles. The van der Waals surface area contributed by atoms with Crippen LogP contribution in [0.3, 0.4) is 0 Å². The first kappa shape index (κ1) is 19.9. The zero-order valence-corrected chi connectivity index (χ0v) is 17.2. The number of tetrazole rings is 1. The molecule has 3 aromatic rings. The summed E-state index contributed by atoms with van der Waals surface area (Å²) in [7, 11) is 0. The fraction of sp³-hybridized carbons (Fsp3) is 0.300. The van der Waals surface area contributed by atoms with Gasteiger partial charge in [0.1, 0.15) is 11.4 Å². The van der Waals surface area contributed by atoms with Crippen molar-refractivity contribution in [1.29, 1.82) is 0 Å². The number of aromatic nitrogens is 4. The molecule has 0 radical (unpaired) electrons. The molecule has 8 heteroatoms. The maximum Gasteiger partial charge on any atom is 0.237 e. The molecular weight excluding hydrogens is 374 g/mol. The van der Waals surface area contributed by atoms with Gasteiger partial charge >= 0.3 is 0 Å². The molecule has 0 bridgehead atoms. The third-order valence-corrected chi connectivity index (χ3v) is 5.25. The second-order valence-electron chi connectivity index (χ2n) is 6.29. The van der Waals surface area contributed by atoms with Crippen LogP contribution in [-0.2, 0) is 4.79 Å². The number of ether oxygens (including phenoxy) is 1. The maximum absolute atomic E-state index is 12.7. The van der Waals surface area contributed by atoms with Crippen LogP contribution in [0.15, 0.2) is 47.6 Å². The predicted octanol–water partition coefficient (Wildman–Crippen LogP) is 3.80. The van der Waals surface area contributed by atoms with Crippen LogP contribution in [0.4, 0.5) is 5.69 Å². The van der Waals surface area contributed by atoms with Gasteiger partial charge in [-0.25, -0.2) is 0 Å². The number of nitrogens with one attached hydrogen (secondary N) is 1. The second-order valence-corrected chi connectivity index (χ2v) is 7.60. The summed E-state index contributed by atoms with van der Waals surface area (Å²) >= 11 is 1.30. The summed E-state index contributed by atoms with van der Waals surface area (Å²) < 4.78 is 7.26. The van der Waals surface area contributed by atoms with Crippen LogP contribution in [0.1, 0.15) is 25.0 Å². The molecule has 1 aromatic heterocycles. The van der Waals surface area contributed by atoms with E-state index < -0.39 is 0 Å². The second kappa shape index (κ2) is 8.88. The Bertz CT molecular complexity index is 952. The molecule has 1 atom stereocenters. The van der Waals surface area contributed by atoms with Crippen LogP contribution in [0.2, 0.25) is 0 Å². The van der Waals surface area contributed by atoms with Crippen LogP contribution >= 0.6 is 11.8 Å². The number of anilines is 1. The largest absolute Gasteiger partial charge is 0.492 e. The molecule has 0 aliphatic heterocycles. The van der Waals surface area contributed by atoms with Crippen molar-refractivity contribution in [3.8, 4) is 11.4 Å². The van der Waals surface area contributed by atoms with Crippen molar-refractivity contribution in [2.75, 3.05) is 11.9 Å². The SMILES string of the molecule is CCOc1ccccc1-n1nnnc1SC(C)C(=O)Nc1c(C)cccc1C. The summed E-state index contributed by atoms with van der Waals surface area (Å²) in [4.78, 5) is 12.7. The molecule has 28 heavy (non-hydrogen) atoms. The average Bonchev–Trinajstić information content (AvgIpc) is 3.13. The first-order chi connectivity index (χ1) is 13.5. The first-order valence-corrected chi connectivity index (χ1v) is 9.93. The Hall–Kier alpha value is -2.87. The topological polar surface area (TPSA) is 81.9 Å². The molecule has 3 rings (SSSR count). The zero-order chi connectivity index (χ0) is 20.1. The number of para-hydroxylation sites is 3. The summed E-state index contributed by atoms with van der Waals surface area (Å²) in [5, 5.41) is 15.1. The highest BCUT2D eigenvalue weighted by atomic mass is 32.2. The lowest BCUT2D eigenvalue weighted by Crippen LogP contribution is -2.24. The fourth-order valence-electron chi connectivity index (χ4n) is 2.76. The summed E-state index contributed by atoms with van der Waals surface area (Å²) in [6.45, 7) is 8.25. The molecule has 1 unspecified atom stereocenters. The van der Waals surface area contributed by atoms with Crippen LogP contribution < -0.4 is 10.1 Å². The normalized spacial score (nSPS) is 11.9. The third kappa shape index (κ3) is 4.33. The maximum atomic E-state index is 12.7. The van der Waals surface area contributed by atoms with Crippen molar-refractivity contribution in [2.45, 2.75) is 38.1 Å². The molecule has 0 saturated heterocycles. The molecule has 1 N–H and O–H groups in total. The lowest BCUT2D eigenvalue weighted by atomic mass is 10.1. The monoisotopic (exact) mass is 397 g/mol. The molecule has 0 saturated carbocycles. The highest BCUT2D eigenvalue weighted by Gasteiger charge is 2.21. The van der Waals surface area contributed by atoms with Gasteiger partial charge in [0.05, 0.1) is 11.9 Å². The van der Waals surface area contributed by atoms with Crippen LogP contribution in [0.5, 0.6) is 5.75 Å². The summed E-state index contributed by atoms with van der Waals surface area (Å²) in [6, 6.07) is 13.5. The van der Waals surface area contributed by atoms with Crippen molar-refractivity contribution >= 4 is 23.4 Å². The van der Waals surface area contributed by atoms with Gasteiger partial charge in [0.15, 0.2) is 0 Å². The van der Waals surface area contributed by atoms with Gasteiger partial charge < -0.3 is 10.1 Å². The number of amides is 1. The molecule has 0 aliphatic rings. The van der Waals surface area contributed by atoms with E-state index in [-0.39, 0.29) is 11.2 Å². The molecule has 1 heterocycles. The van der Waals surface area contributed by atoms with Crippen LogP contribution in [0.25, 0.3) is 5.69 Å². The number of carbonyl (C=O) groups is 1. The Morgan fingerprint density at radius 2 is 1.89 bits per heavy atom. The highest BCUT2D eigenvalue weighted by molar-refractivity contribution is 8.00. The fourth-order valence-corrected chi connectivity index (χ4v) is 3.56. The van der Waals surface area contributed by atoms with Gasteiger partial charge in [-0.2, -0.15) is 4.68 Å². The molecular formula is C20H23N5O2S. The van der Waals surface area contributed by atoms with Crippen LogP contribution in [-0.4, -0.2) is 38.0 Å². The quantitative estimate of drug-likeness (QED) is 0.611. The number of thioether (sulfide) groups is 1. The Kier molecular flexibility index (Phi) is 6.30. The van der Waals surface area contributed by atoms with E-state index in [0.717, 1.165) is 22.5 Å². The van der Waals surface area contributed by atoms with Crippen molar-refractivity contribution < 1.29 is 9.53 Å². The van der Waals surface area contributed by atoms with E-state index in [1.807, 2.05) is 70.2 Å². The van der Waals surface area contributed by atoms with Gasteiger partial charge in [-0.15, -0.1) is 5.10 Å². The van der Waals surface area contributed by atoms with E-state index in [1.54, 1.807) is 4.68 Å². The van der Waals surface area contributed by atoms with Crippen molar-refractivity contribution in [1.82, 2.24) is 20.2 Å². The predicted molar refractivity (Wildman–Crippen MR) is 110 cm³/mol.